The van der Waals surface area contributed by atoms with E-state index in [4.69, 9.17) is 0 Å². The van der Waals surface area contributed by atoms with E-state index in [1.54, 1.807) is 0 Å². The van der Waals surface area contributed by atoms with Crippen LogP contribution in [0.5, 0.6) is 0 Å². The van der Waals surface area contributed by atoms with Crippen LogP contribution in [-0.2, 0) is 27.1 Å². The van der Waals surface area contributed by atoms with Gasteiger partial charge in [0.1, 0.15) is 0 Å². The van der Waals surface area contributed by atoms with Gasteiger partial charge in [-0.05, 0) is 73.1 Å². The number of hydrogen-bond acceptors (Lipinski definition) is 0. The molecule has 13 aliphatic carbocycles. The maximum absolute atomic E-state index is 2.81. The molecule has 0 heteroatoms. The lowest BCUT2D eigenvalue weighted by Gasteiger charge is -2.75. The summed E-state index contributed by atoms with van der Waals surface area (Å²) in [6.45, 7) is 16.7. The molecule has 2 saturated carbocycles. The lowest BCUT2D eigenvalue weighted by atomic mass is 9.28. The topological polar surface area (TPSA) is 0 Å². The number of benzene rings is 5. The molecule has 0 saturated heterocycles. The van der Waals surface area contributed by atoms with E-state index >= 15 is 0 Å². The lowest BCUT2D eigenvalue weighted by molar-refractivity contribution is -0.255. The Morgan fingerprint density at radius 2 is 0.304 bits per heavy atom. The van der Waals surface area contributed by atoms with Crippen LogP contribution >= 0.6 is 0 Å². The summed E-state index contributed by atoms with van der Waals surface area (Å²) in [5.41, 5.74) is 2.65. The van der Waals surface area contributed by atoms with Gasteiger partial charge < -0.3 is 0 Å². The molecule has 5 aromatic carbocycles. The van der Waals surface area contributed by atoms with Gasteiger partial charge in [-0.2, -0.15) is 0 Å². The molecule has 5 aromatic rings. The third-order valence-electron chi connectivity index (χ3n) is 32.9. The van der Waals surface area contributed by atoms with Crippen LogP contribution in [-0.4, -0.2) is 0 Å². The molecule has 18 rings (SSSR count). The Labute approximate surface area is 672 Å². The number of hydrogen-bond donors (Lipinski definition) is 0. The smallest absolute Gasteiger partial charge is 0.0280 e. The normalized spacial score (nSPS) is 35.3. The van der Waals surface area contributed by atoms with Gasteiger partial charge in [0.2, 0.25) is 0 Å². The van der Waals surface area contributed by atoms with Crippen LogP contribution in [0.4, 0.5) is 0 Å². The fourth-order valence-electron chi connectivity index (χ4n) is 28.2. The monoisotopic (exact) mass is 1460 g/mol. The minimum atomic E-state index is -0.693. The van der Waals surface area contributed by atoms with E-state index in [9.17, 15) is 0 Å². The second kappa shape index (κ2) is 30.4. The highest BCUT2D eigenvalue weighted by Crippen LogP contribution is 2.89. The van der Waals surface area contributed by atoms with Crippen molar-refractivity contribution in [2.75, 3.05) is 0 Å². The minimum Gasteiger partial charge on any atom is -0.0771 e. The van der Waals surface area contributed by atoms with Gasteiger partial charge >= 0.3 is 0 Å². The first-order chi connectivity index (χ1) is 54.9. The minimum absolute atomic E-state index is 0.00457. The molecule has 2 fully saturated rings. The van der Waals surface area contributed by atoms with E-state index in [2.05, 4.69) is 461 Å². The molecule has 0 bridgehead atoms. The molecular formula is C112H118. The van der Waals surface area contributed by atoms with Crippen LogP contribution < -0.4 is 0 Å². The summed E-state index contributed by atoms with van der Waals surface area (Å²) < 4.78 is 0. The molecule has 112 heavy (non-hydrogen) atoms. The first kappa shape index (κ1) is 75.1. The van der Waals surface area contributed by atoms with E-state index in [1.165, 1.54) is 92.0 Å². The quantitative estimate of drug-likeness (QED) is 0.0924. The molecule has 0 aliphatic heterocycles. The maximum atomic E-state index is 2.81. The van der Waals surface area contributed by atoms with Gasteiger partial charge in [0.15, 0.2) is 0 Å². The third-order valence-corrected chi connectivity index (χ3v) is 32.9. The van der Waals surface area contributed by atoms with Gasteiger partial charge in [-0.25, -0.2) is 0 Å². The van der Waals surface area contributed by atoms with E-state index in [0.29, 0.717) is 23.7 Å². The van der Waals surface area contributed by atoms with Crippen molar-refractivity contribution in [2.24, 2.45) is 97.6 Å². The van der Waals surface area contributed by atoms with Crippen molar-refractivity contribution in [1.29, 1.82) is 0 Å². The molecule has 0 radical (unpaired) electrons. The van der Waals surface area contributed by atoms with Crippen LogP contribution in [0.3, 0.4) is 0 Å². The fraction of sp³-hybridized carbons (Fsp3) is 0.339. The van der Waals surface area contributed by atoms with Crippen molar-refractivity contribution in [3.8, 4) is 0 Å². The van der Waals surface area contributed by atoms with E-state index < -0.39 is 27.1 Å². The highest BCUT2D eigenvalue weighted by atomic mass is 14.9. The third kappa shape index (κ3) is 10.4. The Balaban J connectivity index is 0.000000164. The fourth-order valence-corrected chi connectivity index (χ4v) is 28.2. The van der Waals surface area contributed by atoms with Crippen molar-refractivity contribution in [1.82, 2.24) is 0 Å². The first-order valence-electron chi connectivity index (χ1n) is 43.0. The zero-order chi connectivity index (χ0) is 76.6. The Hall–Kier alpha value is -9.62. The molecule has 0 spiro atoms. The van der Waals surface area contributed by atoms with Crippen molar-refractivity contribution < 1.29 is 0 Å². The van der Waals surface area contributed by atoms with Gasteiger partial charge in [-0.1, -0.05) is 512 Å². The van der Waals surface area contributed by atoms with Gasteiger partial charge in [0.05, 0.1) is 0 Å². The van der Waals surface area contributed by atoms with Crippen molar-refractivity contribution >= 4 is 0 Å². The summed E-state index contributed by atoms with van der Waals surface area (Å²) in [4.78, 5) is 0. The first-order valence-corrected chi connectivity index (χ1v) is 43.0. The summed E-state index contributed by atoms with van der Waals surface area (Å²) in [6, 6.07) is 59.1. The predicted octanol–water partition coefficient (Wildman–Crippen LogP) is 27.8. The molecule has 0 aromatic heterocycles. The number of rotatable bonds is 16. The highest BCUT2D eigenvalue weighted by Gasteiger charge is 2.93. The molecule has 6 unspecified atom stereocenters. The zero-order valence-corrected chi connectivity index (χ0v) is 67.3. The van der Waals surface area contributed by atoms with Crippen LogP contribution in [0, 0.1) is 97.6 Å². The molecule has 0 N–H and O–H groups in total. The lowest BCUT2D eigenvalue weighted by Crippen LogP contribution is -2.71. The van der Waals surface area contributed by atoms with Crippen molar-refractivity contribution in [3.63, 3.8) is 0 Å². The van der Waals surface area contributed by atoms with E-state index in [0.717, 1.165) is 0 Å². The second-order valence-corrected chi connectivity index (χ2v) is 36.1. The largest absolute Gasteiger partial charge is 0.0771 e. The van der Waals surface area contributed by atoms with E-state index in [-0.39, 0.29) is 73.9 Å². The van der Waals surface area contributed by atoms with Gasteiger partial charge in [0.25, 0.3) is 0 Å². The average molecular weight is 1460 g/mol. The van der Waals surface area contributed by atoms with Crippen molar-refractivity contribution in [2.45, 2.75) is 133 Å². The highest BCUT2D eigenvalue weighted by molar-refractivity contribution is 5.74. The van der Waals surface area contributed by atoms with Gasteiger partial charge in [-0.3, -0.25) is 0 Å². The van der Waals surface area contributed by atoms with Gasteiger partial charge in [-0.15, -0.1) is 0 Å². The molecule has 0 heterocycles. The summed E-state index contributed by atoms with van der Waals surface area (Å²) in [5, 5.41) is 0. The Morgan fingerprint density at radius 3 is 0.482 bits per heavy atom. The summed E-state index contributed by atoms with van der Waals surface area (Å²) in [5.74, 6) is 1.84. The molecular weight excluding hydrogens is 1350 g/mol. The van der Waals surface area contributed by atoms with Crippen LogP contribution in [0.2, 0.25) is 0 Å². The SMILES string of the molecule is C1=CC(C2(c3ccccc3)C(c3ccccc3)(C3C=CC=C3)C(c3ccccc3)(C3C=CC=C3)C(c3ccccc3)(C3C=CC=C3)C2(c2ccccc2)C2C=CC=C2)C=C1.CC1(C2C=CC=C2)CCCCCCCCCCC(C)(C2C=CC=C2)C(C)(C2C=CC=C2)C(C)(C2C=CC=C2)C(C)(C2C=CC=C2)C1(C)C1C=CC=C1. The summed E-state index contributed by atoms with van der Waals surface area (Å²) in [6.07, 6.45) is 121. The maximum Gasteiger partial charge on any atom is 0.0280 e. The van der Waals surface area contributed by atoms with Crippen LogP contribution in [0.1, 0.15) is 134 Å². The molecule has 13 aliphatic rings. The van der Waals surface area contributed by atoms with Crippen LogP contribution in [0.15, 0.2) is 419 Å². The van der Waals surface area contributed by atoms with Gasteiger partial charge in [0, 0.05) is 92.2 Å². The van der Waals surface area contributed by atoms with E-state index in [1.807, 2.05) is 0 Å². The molecule has 0 amide bonds. The molecule has 6 atom stereocenters. The van der Waals surface area contributed by atoms with Crippen molar-refractivity contribution in [3.05, 3.63) is 447 Å². The summed E-state index contributed by atoms with van der Waals surface area (Å²) >= 11 is 0. The molecule has 566 valence electrons. The zero-order valence-electron chi connectivity index (χ0n) is 67.3. The Bertz CT molecular complexity index is 4240. The second-order valence-electron chi connectivity index (χ2n) is 36.1. The number of allylic oxidation sites excluding steroid dienone is 44. The standard InChI is InChI=1S/C60H50.C52H68/c1-6-26-46(27-7-1)56(51-36-16-17-37-51)57(52-38-18-19-39-52,47-28-8-2-9-29-47)59(54-42-22-23-43-54,49-32-12-4-13-33-49)60(55-44-24-25-45-55,50-34-14-5-15-35-50)58(56,53-40-20-21-41-53)48-30-10-3-11-31-48;1-47(41-27-13-14-28-41)39-25-11-9-7-8-10-12-26-40-48(2,42-29-15-16-30-42)50(4,44-33-19-20-34-44)52(6,46-37-23-24-38-46)51(5,45-35-21-22-36-45)49(47,3)43-31-17-18-32-43/h1-45,51-55H;13-24,27-38,41-46H,7-12,25-26,39-40H2,1-6H3. The predicted molar refractivity (Wildman–Crippen MR) is 475 cm³/mol. The molecule has 0 nitrogen and oxygen atoms in total. The summed E-state index contributed by atoms with van der Waals surface area (Å²) in [7, 11) is 0. The Kier molecular flexibility index (Phi) is 20.4. The average Bonchev–Trinajstić information content (AvgIpc) is 1.41. The van der Waals surface area contributed by atoms with Crippen LogP contribution in [0.25, 0.3) is 0 Å². The Morgan fingerprint density at radius 1 is 0.161 bits per heavy atom.